The molecule has 0 spiro atoms. The third kappa shape index (κ3) is 8.71. The Hall–Kier alpha value is -4.62. The minimum absolute atomic E-state index is 0.293. The van der Waals surface area contributed by atoms with Crippen LogP contribution in [0.1, 0.15) is 77.3 Å². The van der Waals surface area contributed by atoms with Gasteiger partial charge in [-0.25, -0.2) is 9.59 Å². The summed E-state index contributed by atoms with van der Waals surface area (Å²) in [5.41, 5.74) is 4.66. The van der Waals surface area contributed by atoms with Crippen molar-refractivity contribution in [2.24, 2.45) is 0 Å². The van der Waals surface area contributed by atoms with E-state index >= 15 is 0 Å². The van der Waals surface area contributed by atoms with E-state index < -0.39 is 5.97 Å². The molecule has 0 saturated heterocycles. The molecule has 4 nitrogen and oxygen atoms in total. The first-order valence-corrected chi connectivity index (χ1v) is 13.9. The fraction of sp³-hybridized carbons (Fsp3) is 0.222. The van der Waals surface area contributed by atoms with Gasteiger partial charge >= 0.3 is 11.9 Å². The summed E-state index contributed by atoms with van der Waals surface area (Å²) in [6.45, 7) is 2.66. The van der Waals surface area contributed by atoms with Crippen molar-refractivity contribution in [3.05, 3.63) is 125 Å². The van der Waals surface area contributed by atoms with Crippen LogP contribution in [0.25, 0.3) is 11.1 Å². The summed E-state index contributed by atoms with van der Waals surface area (Å²) >= 11 is 0. The molecule has 0 fully saturated rings. The van der Waals surface area contributed by atoms with Gasteiger partial charge in [0.15, 0.2) is 0 Å². The highest BCUT2D eigenvalue weighted by molar-refractivity contribution is 5.91. The van der Waals surface area contributed by atoms with Gasteiger partial charge in [0.05, 0.1) is 17.7 Å². The van der Waals surface area contributed by atoms with Crippen molar-refractivity contribution in [3.63, 3.8) is 0 Å². The van der Waals surface area contributed by atoms with Gasteiger partial charge in [-0.15, -0.1) is 0 Å². The normalized spacial score (nSPS) is 10.3. The van der Waals surface area contributed by atoms with Gasteiger partial charge in [-0.05, 0) is 78.2 Å². The van der Waals surface area contributed by atoms with E-state index in [0.29, 0.717) is 23.5 Å². The fourth-order valence-corrected chi connectivity index (χ4v) is 4.17. The molecule has 0 bridgehead atoms. The van der Waals surface area contributed by atoms with Crippen molar-refractivity contribution in [3.8, 4) is 28.7 Å². The molecule has 0 aliphatic rings. The number of carbonyl (C=O) groups excluding carboxylic acids is 2. The fourth-order valence-electron chi connectivity index (χ4n) is 4.17. The average Bonchev–Trinajstić information content (AvgIpc) is 3.01. The third-order valence-corrected chi connectivity index (χ3v) is 6.50. The Morgan fingerprint density at radius 3 is 1.75 bits per heavy atom. The number of ether oxygens (including phenoxy) is 2. The molecule has 4 aromatic rings. The second-order valence-corrected chi connectivity index (χ2v) is 9.59. The molecule has 4 rings (SSSR count). The Morgan fingerprint density at radius 1 is 0.575 bits per heavy atom. The highest BCUT2D eigenvalue weighted by Crippen LogP contribution is 2.24. The number of unbranched alkanes of at least 4 members (excludes halogenated alkanes) is 5. The van der Waals surface area contributed by atoms with Crippen molar-refractivity contribution < 1.29 is 19.1 Å². The Morgan fingerprint density at radius 2 is 1.10 bits per heavy atom. The van der Waals surface area contributed by atoms with Gasteiger partial charge in [0.1, 0.15) is 5.75 Å². The Balaban J connectivity index is 1.26. The summed E-state index contributed by atoms with van der Waals surface area (Å²) < 4.78 is 11.0. The maximum atomic E-state index is 12.6. The lowest BCUT2D eigenvalue weighted by Crippen LogP contribution is -2.08. The smallest absolute Gasteiger partial charge is 0.343 e. The summed E-state index contributed by atoms with van der Waals surface area (Å²) in [5.74, 6) is 5.93. The van der Waals surface area contributed by atoms with Crippen LogP contribution in [-0.4, -0.2) is 18.5 Å². The summed E-state index contributed by atoms with van der Waals surface area (Å²) in [4.78, 5) is 24.9. The lowest BCUT2D eigenvalue weighted by Gasteiger charge is -2.08. The van der Waals surface area contributed by atoms with E-state index in [2.05, 4.69) is 18.8 Å². The molecule has 40 heavy (non-hydrogen) atoms. The van der Waals surface area contributed by atoms with E-state index in [1.54, 1.807) is 36.4 Å². The molecule has 0 radical (unpaired) electrons. The number of hydrogen-bond donors (Lipinski definition) is 0. The summed E-state index contributed by atoms with van der Waals surface area (Å²) in [6.07, 6.45) is 6.92. The van der Waals surface area contributed by atoms with Crippen molar-refractivity contribution >= 4 is 11.9 Å². The van der Waals surface area contributed by atoms with Crippen molar-refractivity contribution in [1.82, 2.24) is 0 Å². The zero-order valence-electron chi connectivity index (χ0n) is 22.9. The van der Waals surface area contributed by atoms with Crippen LogP contribution < -0.4 is 4.74 Å². The first kappa shape index (κ1) is 28.4. The van der Waals surface area contributed by atoms with Crippen LogP contribution in [0.3, 0.4) is 0 Å². The molecule has 0 amide bonds. The first-order valence-electron chi connectivity index (χ1n) is 13.9. The van der Waals surface area contributed by atoms with Crippen LogP contribution in [0.2, 0.25) is 0 Å². The topological polar surface area (TPSA) is 52.6 Å². The van der Waals surface area contributed by atoms with Crippen LogP contribution in [0.5, 0.6) is 5.75 Å². The maximum Gasteiger partial charge on any atom is 0.343 e. The van der Waals surface area contributed by atoms with E-state index in [-0.39, 0.29) is 5.97 Å². The molecule has 4 heteroatoms. The number of benzene rings is 4. The molecular formula is C36H34O4. The summed E-state index contributed by atoms with van der Waals surface area (Å²) in [7, 11) is 0. The van der Waals surface area contributed by atoms with Gasteiger partial charge in [0.25, 0.3) is 0 Å². The zero-order valence-corrected chi connectivity index (χ0v) is 22.9. The second kappa shape index (κ2) is 15.1. The maximum absolute atomic E-state index is 12.6. The first-order chi connectivity index (χ1) is 19.6. The van der Waals surface area contributed by atoms with E-state index in [9.17, 15) is 9.59 Å². The van der Waals surface area contributed by atoms with Crippen molar-refractivity contribution in [1.29, 1.82) is 0 Å². The van der Waals surface area contributed by atoms with Crippen LogP contribution in [0, 0.1) is 11.8 Å². The predicted molar refractivity (Wildman–Crippen MR) is 159 cm³/mol. The highest BCUT2D eigenvalue weighted by Gasteiger charge is 2.10. The number of carbonyl (C=O) groups is 2. The van der Waals surface area contributed by atoms with Crippen LogP contribution in [0.15, 0.2) is 103 Å². The molecule has 202 valence electrons. The zero-order chi connectivity index (χ0) is 28.0. The molecule has 0 heterocycles. The molecule has 0 atom stereocenters. The van der Waals surface area contributed by atoms with Crippen molar-refractivity contribution in [2.75, 3.05) is 6.61 Å². The van der Waals surface area contributed by atoms with Crippen LogP contribution in [-0.2, 0) is 4.74 Å². The quantitative estimate of drug-likeness (QED) is 0.0844. The van der Waals surface area contributed by atoms with Gasteiger partial charge in [-0.3, -0.25) is 0 Å². The molecule has 0 aliphatic carbocycles. The molecular weight excluding hydrogens is 496 g/mol. The highest BCUT2D eigenvalue weighted by atomic mass is 16.5. The summed E-state index contributed by atoms with van der Waals surface area (Å²) in [5, 5.41) is 0. The van der Waals surface area contributed by atoms with Crippen LogP contribution >= 0.6 is 0 Å². The van der Waals surface area contributed by atoms with Gasteiger partial charge < -0.3 is 9.47 Å². The molecule has 0 unspecified atom stereocenters. The molecule has 0 saturated carbocycles. The molecule has 0 aromatic heterocycles. The lowest BCUT2D eigenvalue weighted by molar-refractivity contribution is 0.0497. The minimum atomic E-state index is -0.431. The SMILES string of the molecule is CCCCCCCCOC(=O)c1ccc(-c2ccc(OC(=O)c3ccc(C#Cc4ccccc4)cc3)cc2)cc1. The van der Waals surface area contributed by atoms with E-state index in [1.165, 1.54) is 25.7 Å². The number of rotatable bonds is 11. The minimum Gasteiger partial charge on any atom is -0.462 e. The average molecular weight is 531 g/mol. The van der Waals surface area contributed by atoms with Gasteiger partial charge in [-0.2, -0.15) is 0 Å². The van der Waals surface area contributed by atoms with Crippen LogP contribution in [0.4, 0.5) is 0 Å². The molecule has 0 N–H and O–H groups in total. The Labute approximate surface area is 237 Å². The standard InChI is InChI=1S/C36H34O4/c1-2-3-4-5-6-10-27-39-35(37)32-21-19-30(20-22-32)31-23-25-34(26-24-31)40-36(38)33-17-15-29(16-18-33)14-13-28-11-8-7-9-12-28/h7-9,11-12,15-26H,2-6,10,27H2,1H3. The largest absolute Gasteiger partial charge is 0.462 e. The molecule has 0 aliphatic heterocycles. The summed E-state index contributed by atoms with van der Waals surface area (Å²) in [6, 6.07) is 31.4. The molecule has 4 aromatic carbocycles. The van der Waals surface area contributed by atoms with E-state index in [4.69, 9.17) is 9.47 Å². The Kier molecular flexibility index (Phi) is 10.7. The predicted octanol–water partition coefficient (Wildman–Crippen LogP) is 8.49. The van der Waals surface area contributed by atoms with Gasteiger partial charge in [0.2, 0.25) is 0 Å². The number of hydrogen-bond acceptors (Lipinski definition) is 4. The van der Waals surface area contributed by atoms with E-state index in [0.717, 1.165) is 35.1 Å². The Bertz CT molecular complexity index is 1430. The van der Waals surface area contributed by atoms with Gasteiger partial charge in [-0.1, -0.05) is 93.3 Å². The monoisotopic (exact) mass is 530 g/mol. The third-order valence-electron chi connectivity index (χ3n) is 6.50. The van der Waals surface area contributed by atoms with E-state index in [1.807, 2.05) is 66.7 Å². The van der Waals surface area contributed by atoms with Gasteiger partial charge in [0, 0.05) is 11.1 Å². The number of esters is 2. The second-order valence-electron chi connectivity index (χ2n) is 9.59. The lowest BCUT2D eigenvalue weighted by atomic mass is 10.0. The van der Waals surface area contributed by atoms with Crippen molar-refractivity contribution in [2.45, 2.75) is 45.4 Å².